The van der Waals surface area contributed by atoms with E-state index in [1.54, 1.807) is 0 Å². The number of rotatable bonds is 6. The van der Waals surface area contributed by atoms with Crippen LogP contribution < -0.4 is 4.72 Å². The molecule has 0 rings (SSSR count). The Hall–Kier alpha value is -0.130. The van der Waals surface area contributed by atoms with E-state index in [1.807, 2.05) is 13.8 Å². The lowest BCUT2D eigenvalue weighted by atomic mass is 10.1. The second-order valence-electron chi connectivity index (χ2n) is 2.87. The quantitative estimate of drug-likeness (QED) is 0.629. The van der Waals surface area contributed by atoms with Crippen molar-refractivity contribution < 1.29 is 13.0 Å². The molecule has 0 radical (unpaired) electrons. The van der Waals surface area contributed by atoms with Crippen molar-refractivity contribution in [1.29, 1.82) is 0 Å². The fourth-order valence-corrected chi connectivity index (χ4v) is 1.83. The van der Waals surface area contributed by atoms with Crippen LogP contribution >= 0.6 is 0 Å². The molecule has 2 N–H and O–H groups in total. The fraction of sp³-hybridized carbons (Fsp3) is 1.00. The Morgan fingerprint density at radius 2 is 1.67 bits per heavy atom. The maximum Gasteiger partial charge on any atom is 0.333 e. The molecular weight excluding hydrogens is 178 g/mol. The van der Waals surface area contributed by atoms with Crippen LogP contribution in [0.15, 0.2) is 0 Å². The Morgan fingerprint density at radius 3 is 1.92 bits per heavy atom. The second kappa shape index (κ2) is 5.50. The van der Waals surface area contributed by atoms with E-state index in [0.717, 1.165) is 25.7 Å². The second-order valence-corrected chi connectivity index (χ2v) is 4.05. The number of nitrogens with one attached hydrogen (secondary N) is 1. The van der Waals surface area contributed by atoms with Crippen molar-refractivity contribution in [2.45, 2.75) is 45.6 Å². The molecule has 0 aliphatic carbocycles. The molecule has 0 spiro atoms. The monoisotopic (exact) mass is 195 g/mol. The van der Waals surface area contributed by atoms with Gasteiger partial charge < -0.3 is 0 Å². The van der Waals surface area contributed by atoms with Gasteiger partial charge in [0.15, 0.2) is 0 Å². The first-order valence-electron chi connectivity index (χ1n) is 4.24. The van der Waals surface area contributed by atoms with Crippen LogP contribution in [0, 0.1) is 0 Å². The van der Waals surface area contributed by atoms with Gasteiger partial charge in [0.25, 0.3) is 0 Å². The number of hydrogen-bond acceptors (Lipinski definition) is 2. The summed E-state index contributed by atoms with van der Waals surface area (Å²) in [6, 6.07) is -0.116. The van der Waals surface area contributed by atoms with Gasteiger partial charge in [-0.1, -0.05) is 26.7 Å². The van der Waals surface area contributed by atoms with Gasteiger partial charge in [0.2, 0.25) is 0 Å². The predicted molar refractivity (Wildman–Crippen MR) is 48.3 cm³/mol. The molecule has 0 amide bonds. The van der Waals surface area contributed by atoms with Crippen molar-refractivity contribution in [3.05, 3.63) is 0 Å². The van der Waals surface area contributed by atoms with Gasteiger partial charge in [-0.25, -0.2) is 0 Å². The Bertz CT molecular complexity index is 195. The molecule has 0 saturated heterocycles. The third-order valence-electron chi connectivity index (χ3n) is 1.59. The molecule has 0 aliphatic rings. The summed E-state index contributed by atoms with van der Waals surface area (Å²) in [6.45, 7) is 3.96. The summed E-state index contributed by atoms with van der Waals surface area (Å²) < 4.78 is 31.6. The molecule has 0 aromatic rings. The van der Waals surface area contributed by atoms with E-state index in [9.17, 15) is 8.42 Å². The van der Waals surface area contributed by atoms with Gasteiger partial charge in [0, 0.05) is 6.04 Å². The molecule has 0 saturated carbocycles. The zero-order valence-corrected chi connectivity index (χ0v) is 8.39. The number of hydrogen-bond donors (Lipinski definition) is 2. The van der Waals surface area contributed by atoms with Crippen molar-refractivity contribution in [2.24, 2.45) is 0 Å². The molecule has 0 atom stereocenters. The summed E-state index contributed by atoms with van der Waals surface area (Å²) in [5.41, 5.74) is 0. The van der Waals surface area contributed by atoms with E-state index in [-0.39, 0.29) is 6.04 Å². The first-order chi connectivity index (χ1) is 5.49. The van der Waals surface area contributed by atoms with Crippen LogP contribution in [0.1, 0.15) is 39.5 Å². The standard InChI is InChI=1S/C7H17NO3S/c1-3-5-7(6-4-2)8-12(9,10)11/h7-8H,3-6H2,1-2H3,(H,9,10,11). The van der Waals surface area contributed by atoms with Crippen molar-refractivity contribution in [3.63, 3.8) is 0 Å². The van der Waals surface area contributed by atoms with Crippen LogP contribution in [0.2, 0.25) is 0 Å². The van der Waals surface area contributed by atoms with Crippen molar-refractivity contribution in [2.75, 3.05) is 0 Å². The molecule has 12 heavy (non-hydrogen) atoms. The highest BCUT2D eigenvalue weighted by Crippen LogP contribution is 2.04. The van der Waals surface area contributed by atoms with Crippen molar-refractivity contribution in [3.8, 4) is 0 Å². The Morgan fingerprint density at radius 1 is 1.25 bits per heavy atom. The van der Waals surface area contributed by atoms with Gasteiger partial charge in [-0.05, 0) is 12.8 Å². The van der Waals surface area contributed by atoms with Crippen LogP contribution in [0.25, 0.3) is 0 Å². The van der Waals surface area contributed by atoms with E-state index in [4.69, 9.17) is 4.55 Å². The molecule has 4 nitrogen and oxygen atoms in total. The Balaban J connectivity index is 3.95. The van der Waals surface area contributed by atoms with Crippen LogP contribution in [-0.4, -0.2) is 19.0 Å². The molecule has 0 aromatic carbocycles. The average Bonchev–Trinajstić information content (AvgIpc) is 1.84. The molecule has 0 heterocycles. The molecule has 0 fully saturated rings. The summed E-state index contributed by atoms with van der Waals surface area (Å²) in [6.07, 6.45) is 3.36. The third-order valence-corrected chi connectivity index (χ3v) is 2.22. The minimum Gasteiger partial charge on any atom is -0.273 e. The van der Waals surface area contributed by atoms with Gasteiger partial charge in [-0.3, -0.25) is 4.55 Å². The molecule has 74 valence electrons. The van der Waals surface area contributed by atoms with E-state index < -0.39 is 10.3 Å². The molecule has 0 bridgehead atoms. The topological polar surface area (TPSA) is 66.4 Å². The first-order valence-corrected chi connectivity index (χ1v) is 5.68. The molecule has 5 heteroatoms. The average molecular weight is 195 g/mol. The molecule has 0 aliphatic heterocycles. The van der Waals surface area contributed by atoms with E-state index >= 15 is 0 Å². The lowest BCUT2D eigenvalue weighted by Gasteiger charge is -2.14. The maximum absolute atomic E-state index is 10.4. The van der Waals surface area contributed by atoms with Gasteiger partial charge >= 0.3 is 10.3 Å². The highest BCUT2D eigenvalue weighted by Gasteiger charge is 2.12. The zero-order chi connectivity index (χ0) is 9.61. The summed E-state index contributed by atoms with van der Waals surface area (Å²) in [4.78, 5) is 0. The van der Waals surface area contributed by atoms with E-state index in [1.165, 1.54) is 0 Å². The van der Waals surface area contributed by atoms with Gasteiger partial charge in [0.1, 0.15) is 0 Å². The normalized spacial score (nSPS) is 12.3. The minimum atomic E-state index is -4.02. The molecule has 0 aromatic heterocycles. The summed E-state index contributed by atoms with van der Waals surface area (Å²) >= 11 is 0. The highest BCUT2D eigenvalue weighted by atomic mass is 32.2. The van der Waals surface area contributed by atoms with Crippen molar-refractivity contribution >= 4 is 10.3 Å². The largest absolute Gasteiger partial charge is 0.333 e. The Kier molecular flexibility index (Phi) is 5.44. The fourth-order valence-electron chi connectivity index (χ4n) is 1.17. The molecule has 0 unspecified atom stereocenters. The van der Waals surface area contributed by atoms with Crippen LogP contribution in [0.3, 0.4) is 0 Å². The molecular formula is C7H17NO3S. The summed E-state index contributed by atoms with van der Waals surface area (Å²) in [5, 5.41) is 0. The first kappa shape index (κ1) is 11.9. The van der Waals surface area contributed by atoms with Gasteiger partial charge in [-0.2, -0.15) is 13.1 Å². The zero-order valence-electron chi connectivity index (χ0n) is 7.58. The van der Waals surface area contributed by atoms with E-state index in [2.05, 4.69) is 4.72 Å². The predicted octanol–water partition coefficient (Wildman–Crippen LogP) is 1.35. The highest BCUT2D eigenvalue weighted by molar-refractivity contribution is 7.83. The third kappa shape index (κ3) is 6.57. The summed E-state index contributed by atoms with van der Waals surface area (Å²) in [7, 11) is -4.02. The minimum absolute atomic E-state index is 0.116. The SMILES string of the molecule is CCCC(CCC)NS(=O)(=O)O. The lowest BCUT2D eigenvalue weighted by Crippen LogP contribution is -2.34. The Labute approximate surface area is 74.2 Å². The summed E-state index contributed by atoms with van der Waals surface area (Å²) in [5.74, 6) is 0. The van der Waals surface area contributed by atoms with Gasteiger partial charge in [0.05, 0.1) is 0 Å². The van der Waals surface area contributed by atoms with E-state index in [0.29, 0.717) is 0 Å². The lowest BCUT2D eigenvalue weighted by molar-refractivity contribution is 0.432. The van der Waals surface area contributed by atoms with Crippen LogP contribution in [-0.2, 0) is 10.3 Å². The van der Waals surface area contributed by atoms with Crippen LogP contribution in [0.4, 0.5) is 0 Å². The smallest absolute Gasteiger partial charge is 0.273 e. The van der Waals surface area contributed by atoms with Crippen molar-refractivity contribution in [1.82, 2.24) is 4.72 Å². The van der Waals surface area contributed by atoms with Gasteiger partial charge in [-0.15, -0.1) is 0 Å². The van der Waals surface area contributed by atoms with Crippen LogP contribution in [0.5, 0.6) is 0 Å². The maximum atomic E-state index is 10.4.